The fourth-order valence-corrected chi connectivity index (χ4v) is 2.30. The molecule has 1 heterocycles. The van der Waals surface area contributed by atoms with E-state index in [9.17, 15) is 18.4 Å². The third-order valence-corrected chi connectivity index (χ3v) is 3.57. The zero-order chi connectivity index (χ0) is 19.4. The molecule has 10 heteroatoms. The average molecular weight is 380 g/mol. The minimum absolute atomic E-state index is 0.0509. The molecule has 8 nitrogen and oxygen atoms in total. The van der Waals surface area contributed by atoms with Crippen LogP contribution >= 0.6 is 0 Å². The molecule has 0 spiro atoms. The van der Waals surface area contributed by atoms with Crippen molar-refractivity contribution >= 4 is 11.8 Å². The van der Waals surface area contributed by atoms with Crippen LogP contribution in [0.1, 0.15) is 20.7 Å². The Labute approximate surface area is 151 Å². The van der Waals surface area contributed by atoms with Crippen molar-refractivity contribution in [1.82, 2.24) is 10.9 Å². The second-order valence-corrected chi connectivity index (χ2v) is 5.22. The largest absolute Gasteiger partial charge is 0.493 e. The van der Waals surface area contributed by atoms with Crippen LogP contribution in [0.5, 0.6) is 23.0 Å². The molecule has 27 heavy (non-hydrogen) atoms. The van der Waals surface area contributed by atoms with Gasteiger partial charge in [0.05, 0.1) is 7.11 Å². The summed E-state index contributed by atoms with van der Waals surface area (Å²) in [7, 11) is 1.25. The van der Waals surface area contributed by atoms with E-state index in [1.54, 1.807) is 6.07 Å². The predicted octanol–water partition coefficient (Wildman–Crippen LogP) is 2.10. The molecule has 0 saturated heterocycles. The Bertz CT molecular complexity index is 874. The Kier molecular flexibility index (Phi) is 5.25. The van der Waals surface area contributed by atoms with E-state index in [2.05, 4.69) is 15.6 Å². The first-order valence-corrected chi connectivity index (χ1v) is 7.61. The summed E-state index contributed by atoms with van der Waals surface area (Å²) < 4.78 is 44.2. The van der Waals surface area contributed by atoms with Crippen molar-refractivity contribution in [1.29, 1.82) is 0 Å². The highest BCUT2D eigenvalue weighted by molar-refractivity contribution is 5.99. The van der Waals surface area contributed by atoms with Crippen LogP contribution in [-0.4, -0.2) is 32.3 Å². The van der Waals surface area contributed by atoms with Crippen LogP contribution in [0.2, 0.25) is 0 Å². The van der Waals surface area contributed by atoms with Crippen molar-refractivity contribution in [2.45, 2.75) is 6.61 Å². The fraction of sp³-hybridized carbons (Fsp3) is 0.176. The Morgan fingerprint density at radius 3 is 2.26 bits per heavy atom. The lowest BCUT2D eigenvalue weighted by molar-refractivity contribution is -0.0512. The summed E-state index contributed by atoms with van der Waals surface area (Å²) in [6, 6.07) is 8.19. The molecule has 0 aliphatic carbocycles. The highest BCUT2D eigenvalue weighted by Crippen LogP contribution is 2.32. The number of halogens is 2. The highest BCUT2D eigenvalue weighted by Gasteiger charge is 2.18. The predicted molar refractivity (Wildman–Crippen MR) is 87.1 cm³/mol. The number of ether oxygens (including phenoxy) is 4. The maximum Gasteiger partial charge on any atom is 0.387 e. The topological polar surface area (TPSA) is 95.1 Å². The first kappa shape index (κ1) is 18.2. The lowest BCUT2D eigenvalue weighted by Crippen LogP contribution is -2.41. The van der Waals surface area contributed by atoms with E-state index in [4.69, 9.17) is 14.2 Å². The molecule has 142 valence electrons. The van der Waals surface area contributed by atoms with Crippen molar-refractivity contribution in [3.63, 3.8) is 0 Å². The van der Waals surface area contributed by atoms with Crippen molar-refractivity contribution < 1.29 is 37.3 Å². The number of hydrogen-bond donors (Lipinski definition) is 2. The molecule has 0 saturated carbocycles. The minimum Gasteiger partial charge on any atom is -0.493 e. The smallest absolute Gasteiger partial charge is 0.387 e. The monoisotopic (exact) mass is 380 g/mol. The van der Waals surface area contributed by atoms with Crippen molar-refractivity contribution in [3.8, 4) is 23.0 Å². The van der Waals surface area contributed by atoms with Gasteiger partial charge in [-0.15, -0.1) is 0 Å². The van der Waals surface area contributed by atoms with Crippen LogP contribution in [0.3, 0.4) is 0 Å². The van der Waals surface area contributed by atoms with Crippen LogP contribution < -0.4 is 29.8 Å². The number of fused-ring (bicyclic) bond motifs is 1. The molecule has 1 aliphatic rings. The van der Waals surface area contributed by atoms with Gasteiger partial charge in [0.15, 0.2) is 23.0 Å². The number of rotatable bonds is 5. The summed E-state index contributed by atoms with van der Waals surface area (Å²) in [5, 5.41) is 0. The van der Waals surface area contributed by atoms with Gasteiger partial charge in [-0.2, -0.15) is 8.78 Å². The maximum atomic E-state index is 12.3. The first-order chi connectivity index (χ1) is 13.0. The number of carbonyl (C=O) groups excluding carboxylic acids is 2. The van der Waals surface area contributed by atoms with Gasteiger partial charge in [0.2, 0.25) is 6.79 Å². The van der Waals surface area contributed by atoms with Crippen molar-refractivity contribution in [3.05, 3.63) is 47.5 Å². The van der Waals surface area contributed by atoms with Gasteiger partial charge in [-0.25, -0.2) is 0 Å². The van der Waals surface area contributed by atoms with Crippen LogP contribution in [0.25, 0.3) is 0 Å². The summed E-state index contributed by atoms with van der Waals surface area (Å²) in [6.07, 6.45) is 0. The second-order valence-electron chi connectivity index (χ2n) is 5.22. The molecule has 3 rings (SSSR count). The van der Waals surface area contributed by atoms with E-state index in [1.807, 2.05) is 0 Å². The SMILES string of the molecule is COc1cc(C(=O)NNC(=O)c2ccc3c(c2)OCO3)ccc1OC(F)F. The molecule has 1 aliphatic heterocycles. The van der Waals surface area contributed by atoms with Crippen LogP contribution in [-0.2, 0) is 0 Å². The van der Waals surface area contributed by atoms with Crippen molar-refractivity contribution in [2.24, 2.45) is 0 Å². The second kappa shape index (κ2) is 7.77. The molecule has 0 fully saturated rings. The molecule has 0 radical (unpaired) electrons. The number of alkyl halides is 2. The van der Waals surface area contributed by atoms with E-state index >= 15 is 0 Å². The van der Waals surface area contributed by atoms with E-state index in [1.165, 1.54) is 37.4 Å². The van der Waals surface area contributed by atoms with Gasteiger partial charge < -0.3 is 18.9 Å². The average Bonchev–Trinajstić information content (AvgIpc) is 3.13. The van der Waals surface area contributed by atoms with Crippen LogP contribution in [0.15, 0.2) is 36.4 Å². The Balaban J connectivity index is 1.64. The molecule has 0 bridgehead atoms. The van der Waals surface area contributed by atoms with E-state index < -0.39 is 18.4 Å². The Hall–Kier alpha value is -3.56. The number of carbonyl (C=O) groups is 2. The molecule has 2 amide bonds. The number of benzene rings is 2. The third kappa shape index (κ3) is 4.17. The molecule has 2 aromatic rings. The van der Waals surface area contributed by atoms with E-state index in [-0.39, 0.29) is 29.4 Å². The van der Waals surface area contributed by atoms with Gasteiger partial charge in [0.25, 0.3) is 11.8 Å². The molecular formula is C17H14F2N2O6. The molecule has 0 atom stereocenters. The summed E-state index contributed by atoms with van der Waals surface area (Å²) in [6.45, 7) is -2.95. The fourth-order valence-electron chi connectivity index (χ4n) is 2.30. The summed E-state index contributed by atoms with van der Waals surface area (Å²) in [4.78, 5) is 24.3. The van der Waals surface area contributed by atoms with Crippen LogP contribution in [0.4, 0.5) is 8.78 Å². The summed E-state index contributed by atoms with van der Waals surface area (Å²) in [5.74, 6) is -0.571. The first-order valence-electron chi connectivity index (χ1n) is 7.61. The number of hydrogen-bond acceptors (Lipinski definition) is 6. The Morgan fingerprint density at radius 1 is 0.963 bits per heavy atom. The normalized spacial score (nSPS) is 11.9. The zero-order valence-corrected chi connectivity index (χ0v) is 14.0. The Morgan fingerprint density at radius 2 is 1.59 bits per heavy atom. The van der Waals surface area contributed by atoms with Gasteiger partial charge in [-0.3, -0.25) is 20.4 Å². The molecule has 2 N–H and O–H groups in total. The number of methoxy groups -OCH3 is 1. The van der Waals surface area contributed by atoms with Gasteiger partial charge >= 0.3 is 6.61 Å². The number of hydrazine groups is 1. The molecule has 2 aromatic carbocycles. The van der Waals surface area contributed by atoms with Crippen molar-refractivity contribution in [2.75, 3.05) is 13.9 Å². The van der Waals surface area contributed by atoms with E-state index in [0.29, 0.717) is 11.5 Å². The third-order valence-electron chi connectivity index (χ3n) is 3.57. The van der Waals surface area contributed by atoms with Gasteiger partial charge in [0, 0.05) is 11.1 Å². The molecular weight excluding hydrogens is 366 g/mol. The minimum atomic E-state index is -3.03. The summed E-state index contributed by atoms with van der Waals surface area (Å²) in [5.41, 5.74) is 4.78. The molecule has 0 aromatic heterocycles. The van der Waals surface area contributed by atoms with Gasteiger partial charge in [0.1, 0.15) is 0 Å². The number of nitrogens with one attached hydrogen (secondary N) is 2. The van der Waals surface area contributed by atoms with Gasteiger partial charge in [-0.1, -0.05) is 0 Å². The maximum absolute atomic E-state index is 12.3. The standard InChI is InChI=1S/C17H14F2N2O6/c1-24-13-6-9(3-5-12(13)27-17(18)19)15(22)20-21-16(23)10-2-4-11-14(7-10)26-8-25-11/h2-7,17H,8H2,1H3,(H,20,22)(H,21,23). The van der Waals surface area contributed by atoms with E-state index in [0.717, 1.165) is 0 Å². The number of amides is 2. The summed E-state index contributed by atoms with van der Waals surface area (Å²) >= 11 is 0. The molecule has 0 unspecified atom stereocenters. The lowest BCUT2D eigenvalue weighted by Gasteiger charge is -2.12. The highest BCUT2D eigenvalue weighted by atomic mass is 19.3. The quantitative estimate of drug-likeness (QED) is 0.772. The van der Waals surface area contributed by atoms with Crippen LogP contribution in [0, 0.1) is 0 Å². The zero-order valence-electron chi connectivity index (χ0n) is 14.0. The lowest BCUT2D eigenvalue weighted by atomic mass is 10.2. The van der Waals surface area contributed by atoms with Gasteiger partial charge in [-0.05, 0) is 36.4 Å².